The van der Waals surface area contributed by atoms with E-state index in [4.69, 9.17) is 4.42 Å². The molecule has 2 heteroatoms. The molecule has 14 rings (SSSR count). The number of furan rings is 1. The Kier molecular flexibility index (Phi) is 7.49. The highest BCUT2D eigenvalue weighted by molar-refractivity contribution is 6.26. The van der Waals surface area contributed by atoms with E-state index in [0.717, 1.165) is 22.2 Å². The summed E-state index contributed by atoms with van der Waals surface area (Å²) in [4.78, 5) is 0. The zero-order chi connectivity index (χ0) is 43.0. The zero-order valence-corrected chi connectivity index (χ0v) is 36.1. The van der Waals surface area contributed by atoms with Crippen molar-refractivity contribution in [1.29, 1.82) is 0 Å². The van der Waals surface area contributed by atoms with Crippen molar-refractivity contribution in [2.75, 3.05) is 0 Å². The first-order valence-electron chi connectivity index (χ1n) is 22.7. The summed E-state index contributed by atoms with van der Waals surface area (Å²) in [5, 5.41) is 12.5. The number of nitrogens with zero attached hydrogens (tertiary/aromatic N) is 1. The van der Waals surface area contributed by atoms with Gasteiger partial charge in [-0.25, -0.2) is 0 Å². The molecule has 1 aliphatic carbocycles. The molecule has 0 saturated heterocycles. The van der Waals surface area contributed by atoms with Crippen LogP contribution < -0.4 is 0 Å². The molecule has 11 aromatic carbocycles. The van der Waals surface area contributed by atoms with Crippen molar-refractivity contribution in [3.8, 4) is 50.2 Å². The Morgan fingerprint density at radius 3 is 1.48 bits per heavy atom. The summed E-state index contributed by atoms with van der Waals surface area (Å²) in [7, 11) is 0. The first-order valence-corrected chi connectivity index (χ1v) is 22.7. The summed E-state index contributed by atoms with van der Waals surface area (Å²) in [5.41, 5.74) is 17.6. The second-order valence-corrected chi connectivity index (χ2v) is 18.4. The normalized spacial score (nSPS) is 13.2. The van der Waals surface area contributed by atoms with Crippen molar-refractivity contribution in [2.45, 2.75) is 19.3 Å². The third-order valence-corrected chi connectivity index (χ3v) is 14.6. The SMILES string of the molecule is CC1(C)c2cc(-n3c4ccc(-c5ccc(-c6ccccc6)cc5)cc4c4cc(-c5ccc6c7ccccc7c7ccccc7c6c5)ccc43)ccc2-c2c1ccc1c2oc2ccccc21. The molecule has 2 aromatic heterocycles. The van der Waals surface area contributed by atoms with Crippen LogP contribution >= 0.6 is 0 Å². The van der Waals surface area contributed by atoms with Crippen LogP contribution in [0.15, 0.2) is 217 Å². The zero-order valence-electron chi connectivity index (χ0n) is 36.1. The Hall–Kier alpha value is -8.20. The van der Waals surface area contributed by atoms with Gasteiger partial charge in [0.05, 0.1) is 11.0 Å². The van der Waals surface area contributed by atoms with Gasteiger partial charge in [0.25, 0.3) is 0 Å². The monoisotopic (exact) mass is 827 g/mol. The van der Waals surface area contributed by atoms with E-state index in [0.29, 0.717) is 0 Å². The van der Waals surface area contributed by atoms with E-state index in [9.17, 15) is 0 Å². The fourth-order valence-corrected chi connectivity index (χ4v) is 11.4. The van der Waals surface area contributed by atoms with Crippen LogP contribution in [0.1, 0.15) is 25.0 Å². The van der Waals surface area contributed by atoms with Crippen molar-refractivity contribution < 1.29 is 4.42 Å². The second kappa shape index (κ2) is 13.4. The van der Waals surface area contributed by atoms with E-state index >= 15 is 0 Å². The van der Waals surface area contributed by atoms with Crippen molar-refractivity contribution in [3.05, 3.63) is 223 Å². The van der Waals surface area contributed by atoms with Crippen LogP contribution in [0.5, 0.6) is 0 Å². The average molecular weight is 828 g/mol. The molecule has 0 fully saturated rings. The standard InChI is InChI=1S/C63H41NO/c1-63(2)56-31-30-51-50-18-10-11-19-60(50)65-62(51)61(56)52-29-27-44(37-57(52)63)64-58-32-25-41(40-22-20-39(21-23-40)38-12-4-3-5-13-38)35-54(58)55-36-43(26-33-59(55)64)42-24-28-49-47-16-7-6-14-45(47)46-15-8-9-17-48(46)53(49)34-42/h3-37H,1-2H3. The van der Waals surface area contributed by atoms with Gasteiger partial charge in [0.2, 0.25) is 0 Å². The number of para-hydroxylation sites is 1. The van der Waals surface area contributed by atoms with Crippen LogP contribution in [0.3, 0.4) is 0 Å². The highest BCUT2D eigenvalue weighted by atomic mass is 16.3. The van der Waals surface area contributed by atoms with E-state index in [-0.39, 0.29) is 5.41 Å². The molecule has 0 N–H and O–H groups in total. The average Bonchev–Trinajstić information content (AvgIpc) is 3.98. The molecular formula is C63H41NO. The third-order valence-electron chi connectivity index (χ3n) is 14.6. The molecule has 0 atom stereocenters. The molecule has 0 unspecified atom stereocenters. The molecule has 13 aromatic rings. The lowest BCUT2D eigenvalue weighted by molar-refractivity contribution is 0.653. The smallest absolute Gasteiger partial charge is 0.143 e. The summed E-state index contributed by atoms with van der Waals surface area (Å²) in [6, 6.07) is 78.5. The van der Waals surface area contributed by atoms with E-state index in [1.807, 2.05) is 0 Å². The van der Waals surface area contributed by atoms with Gasteiger partial charge < -0.3 is 8.98 Å². The fraction of sp³-hybridized carbons (Fsp3) is 0.0476. The van der Waals surface area contributed by atoms with Crippen LogP contribution in [0, 0.1) is 0 Å². The van der Waals surface area contributed by atoms with E-state index in [1.54, 1.807) is 0 Å². The van der Waals surface area contributed by atoms with Crippen molar-refractivity contribution in [3.63, 3.8) is 0 Å². The third kappa shape index (κ3) is 5.23. The quantitative estimate of drug-likeness (QED) is 0.162. The van der Waals surface area contributed by atoms with Gasteiger partial charge in [-0.05, 0) is 131 Å². The topological polar surface area (TPSA) is 18.1 Å². The Morgan fingerprint density at radius 1 is 0.338 bits per heavy atom. The number of fused-ring (bicyclic) bond motifs is 16. The molecule has 0 radical (unpaired) electrons. The minimum Gasteiger partial charge on any atom is -0.455 e. The van der Waals surface area contributed by atoms with Gasteiger partial charge in [0.1, 0.15) is 11.2 Å². The molecule has 1 aliphatic rings. The van der Waals surface area contributed by atoms with Gasteiger partial charge in [-0.3, -0.25) is 0 Å². The van der Waals surface area contributed by atoms with Crippen LogP contribution in [0.25, 0.3) is 126 Å². The Bertz CT molecular complexity index is 4090. The molecule has 0 aliphatic heterocycles. The molecule has 0 saturated carbocycles. The van der Waals surface area contributed by atoms with Gasteiger partial charge in [-0.1, -0.05) is 178 Å². The van der Waals surface area contributed by atoms with Crippen LogP contribution in [-0.4, -0.2) is 4.57 Å². The predicted octanol–water partition coefficient (Wildman–Crippen LogP) is 17.4. The molecule has 65 heavy (non-hydrogen) atoms. The summed E-state index contributed by atoms with van der Waals surface area (Å²) < 4.78 is 9.12. The van der Waals surface area contributed by atoms with Crippen LogP contribution in [0.4, 0.5) is 0 Å². The number of hydrogen-bond acceptors (Lipinski definition) is 1. The minimum atomic E-state index is -0.218. The first-order chi connectivity index (χ1) is 32.0. The van der Waals surface area contributed by atoms with Gasteiger partial charge in [-0.15, -0.1) is 0 Å². The molecule has 0 bridgehead atoms. The largest absolute Gasteiger partial charge is 0.455 e. The lowest BCUT2D eigenvalue weighted by Crippen LogP contribution is -2.15. The summed E-state index contributed by atoms with van der Waals surface area (Å²) in [6.45, 7) is 4.72. The van der Waals surface area contributed by atoms with E-state index in [2.05, 4.69) is 231 Å². The van der Waals surface area contributed by atoms with Gasteiger partial charge >= 0.3 is 0 Å². The maximum absolute atomic E-state index is 6.65. The van der Waals surface area contributed by atoms with Crippen LogP contribution in [-0.2, 0) is 5.41 Å². The molecule has 2 heterocycles. The molecule has 2 nitrogen and oxygen atoms in total. The lowest BCUT2D eigenvalue weighted by Gasteiger charge is -2.22. The fourth-order valence-electron chi connectivity index (χ4n) is 11.4. The van der Waals surface area contributed by atoms with Crippen molar-refractivity contribution in [2.24, 2.45) is 0 Å². The van der Waals surface area contributed by atoms with E-state index in [1.165, 1.54) is 115 Å². The number of benzene rings is 11. The highest BCUT2D eigenvalue weighted by Crippen LogP contribution is 2.53. The predicted molar refractivity (Wildman–Crippen MR) is 274 cm³/mol. The number of hydrogen-bond donors (Lipinski definition) is 0. The second-order valence-electron chi connectivity index (χ2n) is 18.4. The number of rotatable bonds is 4. The maximum Gasteiger partial charge on any atom is 0.143 e. The van der Waals surface area contributed by atoms with Crippen molar-refractivity contribution in [1.82, 2.24) is 4.57 Å². The Balaban J connectivity index is 0.968. The minimum absolute atomic E-state index is 0.218. The lowest BCUT2D eigenvalue weighted by atomic mass is 9.82. The van der Waals surface area contributed by atoms with Gasteiger partial charge in [-0.2, -0.15) is 0 Å². The maximum atomic E-state index is 6.65. The van der Waals surface area contributed by atoms with Gasteiger partial charge in [0.15, 0.2) is 0 Å². The number of aromatic nitrogens is 1. The molecule has 0 spiro atoms. The Labute approximate surface area is 376 Å². The van der Waals surface area contributed by atoms with Crippen molar-refractivity contribution >= 4 is 76.1 Å². The highest BCUT2D eigenvalue weighted by Gasteiger charge is 2.38. The molecule has 304 valence electrons. The summed E-state index contributed by atoms with van der Waals surface area (Å²) >= 11 is 0. The summed E-state index contributed by atoms with van der Waals surface area (Å²) in [5.74, 6) is 0. The van der Waals surface area contributed by atoms with Gasteiger partial charge in [0, 0.05) is 38.2 Å². The molecular weight excluding hydrogens is 787 g/mol. The molecule has 0 amide bonds. The summed E-state index contributed by atoms with van der Waals surface area (Å²) in [6.07, 6.45) is 0. The van der Waals surface area contributed by atoms with E-state index < -0.39 is 0 Å². The first kappa shape index (κ1) is 36.3. The van der Waals surface area contributed by atoms with Crippen LogP contribution in [0.2, 0.25) is 0 Å². The Morgan fingerprint density at radius 2 is 0.815 bits per heavy atom.